The van der Waals surface area contributed by atoms with Crippen molar-refractivity contribution in [2.45, 2.75) is 13.5 Å². The molecule has 0 atom stereocenters. The van der Waals surface area contributed by atoms with Gasteiger partial charge in [0.05, 0.1) is 24.9 Å². The molecule has 0 saturated heterocycles. The molecule has 0 aliphatic carbocycles. The van der Waals surface area contributed by atoms with E-state index in [0.717, 1.165) is 22.0 Å². The molecular weight excluding hydrogens is 262 g/mol. The summed E-state index contributed by atoms with van der Waals surface area (Å²) < 4.78 is 5.29. The minimum Gasteiger partial charge on any atom is -0.495 e. The number of thiazole rings is 1. The summed E-state index contributed by atoms with van der Waals surface area (Å²) in [6.45, 7) is 2.15. The minimum atomic E-state index is -0.0985. The minimum absolute atomic E-state index is 0.0985. The van der Waals surface area contributed by atoms with Gasteiger partial charge in [0.2, 0.25) is 5.91 Å². The summed E-state index contributed by atoms with van der Waals surface area (Å²) in [7, 11) is 1.62. The summed E-state index contributed by atoms with van der Waals surface area (Å²) in [6.07, 6.45) is 1.82. The number of anilines is 2. The lowest BCUT2D eigenvalue weighted by Gasteiger charge is -2.12. The Kier molecular flexibility index (Phi) is 4.35. The van der Waals surface area contributed by atoms with Crippen LogP contribution in [0.1, 0.15) is 11.8 Å². The van der Waals surface area contributed by atoms with Crippen molar-refractivity contribution in [2.24, 2.45) is 0 Å². The molecule has 2 rings (SSSR count). The van der Waals surface area contributed by atoms with E-state index < -0.39 is 0 Å². The lowest BCUT2D eigenvalue weighted by atomic mass is 10.2. The summed E-state index contributed by atoms with van der Waals surface area (Å²) >= 11 is 1.59. The Labute approximate surface area is 115 Å². The molecule has 1 aromatic carbocycles. The Morgan fingerprint density at radius 3 is 2.95 bits per heavy atom. The van der Waals surface area contributed by atoms with Crippen molar-refractivity contribution in [2.75, 3.05) is 17.7 Å². The number of carbonyl (C=O) groups excluding carboxylic acids is 1. The number of methoxy groups -OCH3 is 1. The summed E-state index contributed by atoms with van der Waals surface area (Å²) in [4.78, 5) is 16.2. The monoisotopic (exact) mass is 277 g/mol. The molecule has 0 bridgehead atoms. The SMILES string of the molecule is COc1ccc(NC(C)=O)cc1NCc1cncs1. The van der Waals surface area contributed by atoms with Crippen molar-refractivity contribution in [1.29, 1.82) is 0 Å². The summed E-state index contributed by atoms with van der Waals surface area (Å²) in [5.74, 6) is 0.636. The van der Waals surface area contributed by atoms with Crippen molar-refractivity contribution < 1.29 is 9.53 Å². The van der Waals surface area contributed by atoms with Gasteiger partial charge >= 0.3 is 0 Å². The zero-order chi connectivity index (χ0) is 13.7. The lowest BCUT2D eigenvalue weighted by molar-refractivity contribution is -0.114. The van der Waals surface area contributed by atoms with Gasteiger partial charge in [-0.2, -0.15) is 0 Å². The van der Waals surface area contributed by atoms with Gasteiger partial charge in [-0.15, -0.1) is 11.3 Å². The van der Waals surface area contributed by atoms with E-state index in [1.807, 2.05) is 18.3 Å². The fourth-order valence-corrected chi connectivity index (χ4v) is 2.17. The number of hydrogen-bond donors (Lipinski definition) is 2. The second kappa shape index (κ2) is 6.19. The Hall–Kier alpha value is -2.08. The quantitative estimate of drug-likeness (QED) is 0.882. The predicted molar refractivity (Wildman–Crippen MR) is 76.7 cm³/mol. The number of rotatable bonds is 5. The third-order valence-electron chi connectivity index (χ3n) is 2.46. The number of hydrogen-bond acceptors (Lipinski definition) is 5. The molecule has 0 unspecified atom stereocenters. The first-order valence-electron chi connectivity index (χ1n) is 5.76. The molecule has 2 N–H and O–H groups in total. The normalized spacial score (nSPS) is 10.0. The molecule has 0 fully saturated rings. The van der Waals surface area contributed by atoms with Crippen LogP contribution in [0.5, 0.6) is 5.75 Å². The van der Waals surface area contributed by atoms with Gasteiger partial charge in [-0.1, -0.05) is 0 Å². The first-order chi connectivity index (χ1) is 9.19. The number of nitrogens with one attached hydrogen (secondary N) is 2. The molecule has 1 heterocycles. The highest BCUT2D eigenvalue weighted by Gasteiger charge is 2.05. The van der Waals surface area contributed by atoms with Crippen molar-refractivity contribution >= 4 is 28.6 Å². The van der Waals surface area contributed by atoms with Gasteiger partial charge < -0.3 is 15.4 Å². The maximum absolute atomic E-state index is 11.1. The van der Waals surface area contributed by atoms with Gasteiger partial charge in [-0.3, -0.25) is 9.78 Å². The molecule has 19 heavy (non-hydrogen) atoms. The van der Waals surface area contributed by atoms with Gasteiger partial charge in [-0.25, -0.2) is 0 Å². The average molecular weight is 277 g/mol. The number of aromatic nitrogens is 1. The van der Waals surface area contributed by atoms with Gasteiger partial charge in [0.1, 0.15) is 5.75 Å². The molecule has 5 nitrogen and oxygen atoms in total. The summed E-state index contributed by atoms with van der Waals surface area (Å²) in [5, 5.41) is 6.02. The van der Waals surface area contributed by atoms with Crippen LogP contribution in [-0.4, -0.2) is 18.0 Å². The number of ether oxygens (including phenoxy) is 1. The Balaban J connectivity index is 2.13. The van der Waals surface area contributed by atoms with E-state index in [9.17, 15) is 4.79 Å². The summed E-state index contributed by atoms with van der Waals surface area (Å²) in [6, 6.07) is 5.47. The summed E-state index contributed by atoms with van der Waals surface area (Å²) in [5.41, 5.74) is 3.37. The van der Waals surface area contributed by atoms with Crippen LogP contribution in [0.15, 0.2) is 29.9 Å². The van der Waals surface area contributed by atoms with Crippen molar-refractivity contribution in [3.8, 4) is 5.75 Å². The van der Waals surface area contributed by atoms with E-state index >= 15 is 0 Å². The fourth-order valence-electron chi connectivity index (χ4n) is 1.64. The molecule has 0 spiro atoms. The number of nitrogens with zero attached hydrogens (tertiary/aromatic N) is 1. The molecule has 0 saturated carbocycles. The van der Waals surface area contributed by atoms with Crippen molar-refractivity contribution in [3.05, 3.63) is 34.8 Å². The second-order valence-corrected chi connectivity index (χ2v) is 4.89. The first-order valence-corrected chi connectivity index (χ1v) is 6.64. The Bertz CT molecular complexity index is 555. The highest BCUT2D eigenvalue weighted by atomic mass is 32.1. The molecule has 6 heteroatoms. The zero-order valence-electron chi connectivity index (χ0n) is 10.8. The van der Waals surface area contributed by atoms with Crippen LogP contribution in [-0.2, 0) is 11.3 Å². The van der Waals surface area contributed by atoms with Gasteiger partial charge in [0.25, 0.3) is 0 Å². The predicted octanol–water partition coefficient (Wildman–Crippen LogP) is 2.72. The molecule has 2 aromatic rings. The van der Waals surface area contributed by atoms with E-state index in [1.54, 1.807) is 30.0 Å². The molecule has 0 aliphatic heterocycles. The van der Waals surface area contributed by atoms with E-state index in [-0.39, 0.29) is 5.91 Å². The molecule has 1 amide bonds. The van der Waals surface area contributed by atoms with E-state index in [1.165, 1.54) is 6.92 Å². The molecular formula is C13H15N3O2S. The van der Waals surface area contributed by atoms with E-state index in [2.05, 4.69) is 15.6 Å². The first kappa shape index (κ1) is 13.4. The van der Waals surface area contributed by atoms with E-state index in [0.29, 0.717) is 6.54 Å². The maximum Gasteiger partial charge on any atom is 0.221 e. The van der Waals surface area contributed by atoms with Crippen molar-refractivity contribution in [3.63, 3.8) is 0 Å². The second-order valence-electron chi connectivity index (χ2n) is 3.92. The van der Waals surface area contributed by atoms with Crippen LogP contribution in [0.2, 0.25) is 0 Å². The molecule has 1 aromatic heterocycles. The standard InChI is InChI=1S/C13H15N3O2S/c1-9(17)16-10-3-4-13(18-2)12(5-10)15-7-11-6-14-8-19-11/h3-6,8,15H,7H2,1-2H3,(H,16,17). The molecule has 0 radical (unpaired) electrons. The smallest absolute Gasteiger partial charge is 0.221 e. The highest BCUT2D eigenvalue weighted by Crippen LogP contribution is 2.28. The molecule has 0 aliphatic rings. The van der Waals surface area contributed by atoms with Crippen LogP contribution in [0.3, 0.4) is 0 Å². The number of carbonyl (C=O) groups is 1. The average Bonchev–Trinajstić information content (AvgIpc) is 2.89. The topological polar surface area (TPSA) is 63.2 Å². The lowest BCUT2D eigenvalue weighted by Crippen LogP contribution is -2.07. The third kappa shape index (κ3) is 3.69. The Morgan fingerprint density at radius 1 is 1.47 bits per heavy atom. The maximum atomic E-state index is 11.1. The van der Waals surface area contributed by atoms with Gasteiger partial charge in [0, 0.05) is 23.7 Å². The van der Waals surface area contributed by atoms with Crippen LogP contribution in [0.25, 0.3) is 0 Å². The van der Waals surface area contributed by atoms with Gasteiger partial charge in [-0.05, 0) is 18.2 Å². The van der Waals surface area contributed by atoms with Crippen LogP contribution >= 0.6 is 11.3 Å². The van der Waals surface area contributed by atoms with Crippen LogP contribution in [0, 0.1) is 0 Å². The number of amides is 1. The van der Waals surface area contributed by atoms with Crippen LogP contribution < -0.4 is 15.4 Å². The van der Waals surface area contributed by atoms with Gasteiger partial charge in [0.15, 0.2) is 0 Å². The van der Waals surface area contributed by atoms with Crippen molar-refractivity contribution in [1.82, 2.24) is 4.98 Å². The Morgan fingerprint density at radius 2 is 2.32 bits per heavy atom. The zero-order valence-corrected chi connectivity index (χ0v) is 11.6. The third-order valence-corrected chi connectivity index (χ3v) is 3.24. The van der Waals surface area contributed by atoms with Crippen LogP contribution in [0.4, 0.5) is 11.4 Å². The fraction of sp³-hybridized carbons (Fsp3) is 0.231. The highest BCUT2D eigenvalue weighted by molar-refractivity contribution is 7.09. The largest absolute Gasteiger partial charge is 0.495 e. The molecule has 100 valence electrons. The van der Waals surface area contributed by atoms with E-state index in [4.69, 9.17) is 4.74 Å². The number of benzene rings is 1.